The molecule has 0 radical (unpaired) electrons. The molecular formula is C14H17BrClN3. The number of halogens is 2. The van der Waals surface area contributed by atoms with Crippen molar-refractivity contribution < 1.29 is 0 Å². The molecule has 0 spiro atoms. The second-order valence-corrected chi connectivity index (χ2v) is 5.81. The standard InChI is InChI=1S/C14H17BrClN3/c1-3-6-17-10(2)13-5-4-12(7-14(13)16)19-9-11(15)8-18-19/h4-5,7-10,17H,3,6H2,1-2H3. The Kier molecular flexibility index (Phi) is 5.02. The lowest BCUT2D eigenvalue weighted by atomic mass is 10.1. The van der Waals surface area contributed by atoms with Crippen molar-refractivity contribution >= 4 is 27.5 Å². The van der Waals surface area contributed by atoms with Crippen molar-refractivity contribution in [3.63, 3.8) is 0 Å². The van der Waals surface area contributed by atoms with Gasteiger partial charge in [0.15, 0.2) is 0 Å². The molecule has 0 aliphatic heterocycles. The quantitative estimate of drug-likeness (QED) is 0.875. The predicted molar refractivity (Wildman–Crippen MR) is 83.0 cm³/mol. The van der Waals surface area contributed by atoms with E-state index in [-0.39, 0.29) is 6.04 Å². The fraction of sp³-hybridized carbons (Fsp3) is 0.357. The summed E-state index contributed by atoms with van der Waals surface area (Å²) in [6.07, 6.45) is 4.78. The molecule has 0 fully saturated rings. The van der Waals surface area contributed by atoms with Crippen molar-refractivity contribution in [3.8, 4) is 5.69 Å². The van der Waals surface area contributed by atoms with E-state index in [0.29, 0.717) is 0 Å². The largest absolute Gasteiger partial charge is 0.310 e. The van der Waals surface area contributed by atoms with Gasteiger partial charge in [-0.25, -0.2) is 4.68 Å². The highest BCUT2D eigenvalue weighted by molar-refractivity contribution is 9.10. The summed E-state index contributed by atoms with van der Waals surface area (Å²) in [6.45, 7) is 5.27. The molecule has 0 amide bonds. The van der Waals surface area contributed by atoms with Crippen LogP contribution < -0.4 is 5.32 Å². The number of benzene rings is 1. The predicted octanol–water partition coefficient (Wildman–Crippen LogP) is 4.35. The van der Waals surface area contributed by atoms with Gasteiger partial charge in [-0.1, -0.05) is 24.6 Å². The van der Waals surface area contributed by atoms with Crippen LogP contribution in [-0.2, 0) is 0 Å². The topological polar surface area (TPSA) is 29.9 Å². The average molecular weight is 343 g/mol. The summed E-state index contributed by atoms with van der Waals surface area (Å²) < 4.78 is 2.75. The van der Waals surface area contributed by atoms with Crippen LogP contribution in [0.2, 0.25) is 5.02 Å². The zero-order valence-electron chi connectivity index (χ0n) is 11.0. The van der Waals surface area contributed by atoms with Gasteiger partial charge in [0.1, 0.15) is 0 Å². The van der Waals surface area contributed by atoms with E-state index in [9.17, 15) is 0 Å². The molecule has 1 atom stereocenters. The molecule has 102 valence electrons. The van der Waals surface area contributed by atoms with E-state index in [1.165, 1.54) is 0 Å². The summed E-state index contributed by atoms with van der Waals surface area (Å²) in [6, 6.07) is 6.29. The first-order valence-electron chi connectivity index (χ1n) is 6.35. The zero-order valence-corrected chi connectivity index (χ0v) is 13.4. The molecule has 2 aromatic rings. The van der Waals surface area contributed by atoms with Gasteiger partial charge in [-0.15, -0.1) is 0 Å². The minimum Gasteiger partial charge on any atom is -0.310 e. The molecule has 0 aliphatic carbocycles. The Bertz CT molecular complexity index is 553. The van der Waals surface area contributed by atoms with Crippen molar-refractivity contribution in [3.05, 3.63) is 45.7 Å². The number of hydrogen-bond acceptors (Lipinski definition) is 2. The van der Waals surface area contributed by atoms with Gasteiger partial charge in [0, 0.05) is 17.3 Å². The van der Waals surface area contributed by atoms with Crippen molar-refractivity contribution in [2.45, 2.75) is 26.3 Å². The Balaban J connectivity index is 2.21. The van der Waals surface area contributed by atoms with E-state index in [1.807, 2.05) is 18.3 Å². The van der Waals surface area contributed by atoms with E-state index < -0.39 is 0 Å². The maximum absolute atomic E-state index is 6.37. The van der Waals surface area contributed by atoms with Gasteiger partial charge in [0.2, 0.25) is 0 Å². The number of nitrogens with one attached hydrogen (secondary N) is 1. The van der Waals surface area contributed by atoms with Crippen LogP contribution >= 0.6 is 27.5 Å². The Morgan fingerprint density at radius 3 is 2.84 bits per heavy atom. The van der Waals surface area contributed by atoms with Crippen LogP contribution in [0, 0.1) is 0 Å². The molecule has 19 heavy (non-hydrogen) atoms. The Morgan fingerprint density at radius 2 is 2.26 bits per heavy atom. The summed E-state index contributed by atoms with van der Waals surface area (Å²) in [5.41, 5.74) is 2.08. The minimum absolute atomic E-state index is 0.255. The highest BCUT2D eigenvalue weighted by Gasteiger charge is 2.10. The second-order valence-electron chi connectivity index (χ2n) is 4.48. The first-order chi connectivity index (χ1) is 9.11. The number of nitrogens with zero attached hydrogens (tertiary/aromatic N) is 2. The molecule has 1 aromatic heterocycles. The van der Waals surface area contributed by atoms with Crippen LogP contribution in [0.5, 0.6) is 0 Å². The SMILES string of the molecule is CCCNC(C)c1ccc(-n2cc(Br)cn2)cc1Cl. The lowest BCUT2D eigenvalue weighted by Crippen LogP contribution is -2.19. The molecule has 3 nitrogen and oxygen atoms in total. The van der Waals surface area contributed by atoms with Crippen LogP contribution in [0.3, 0.4) is 0 Å². The van der Waals surface area contributed by atoms with Crippen molar-refractivity contribution in [2.75, 3.05) is 6.54 Å². The molecular weight excluding hydrogens is 326 g/mol. The van der Waals surface area contributed by atoms with Crippen molar-refractivity contribution in [2.24, 2.45) is 0 Å². The number of hydrogen-bond donors (Lipinski definition) is 1. The monoisotopic (exact) mass is 341 g/mol. The first kappa shape index (κ1) is 14.6. The first-order valence-corrected chi connectivity index (χ1v) is 7.52. The van der Waals surface area contributed by atoms with E-state index in [0.717, 1.165) is 33.7 Å². The molecule has 1 unspecified atom stereocenters. The summed E-state index contributed by atoms with van der Waals surface area (Å²) in [4.78, 5) is 0. The highest BCUT2D eigenvalue weighted by Crippen LogP contribution is 2.25. The van der Waals surface area contributed by atoms with Gasteiger partial charge in [-0.05, 0) is 53.5 Å². The summed E-state index contributed by atoms with van der Waals surface area (Å²) >= 11 is 9.75. The van der Waals surface area contributed by atoms with Crippen LogP contribution in [-0.4, -0.2) is 16.3 Å². The van der Waals surface area contributed by atoms with E-state index in [4.69, 9.17) is 11.6 Å². The lowest BCUT2D eigenvalue weighted by Gasteiger charge is -2.16. The number of rotatable bonds is 5. The Morgan fingerprint density at radius 1 is 1.47 bits per heavy atom. The second kappa shape index (κ2) is 6.55. The molecule has 1 heterocycles. The molecule has 2 rings (SSSR count). The van der Waals surface area contributed by atoms with Crippen LogP contribution in [0.15, 0.2) is 35.1 Å². The molecule has 1 aromatic carbocycles. The van der Waals surface area contributed by atoms with Gasteiger partial charge >= 0.3 is 0 Å². The molecule has 1 N–H and O–H groups in total. The van der Waals surface area contributed by atoms with E-state index in [2.05, 4.69) is 46.3 Å². The van der Waals surface area contributed by atoms with Gasteiger partial charge in [0.05, 0.1) is 16.4 Å². The average Bonchev–Trinajstić information content (AvgIpc) is 2.82. The molecule has 0 aliphatic rings. The van der Waals surface area contributed by atoms with Gasteiger partial charge in [-0.3, -0.25) is 0 Å². The van der Waals surface area contributed by atoms with Crippen molar-refractivity contribution in [1.29, 1.82) is 0 Å². The zero-order chi connectivity index (χ0) is 13.8. The van der Waals surface area contributed by atoms with E-state index >= 15 is 0 Å². The summed E-state index contributed by atoms with van der Waals surface area (Å²) in [7, 11) is 0. The smallest absolute Gasteiger partial charge is 0.0661 e. The highest BCUT2D eigenvalue weighted by atomic mass is 79.9. The third-order valence-corrected chi connectivity index (χ3v) is 3.70. The maximum Gasteiger partial charge on any atom is 0.0661 e. The normalized spacial score (nSPS) is 12.6. The maximum atomic E-state index is 6.37. The van der Waals surface area contributed by atoms with Crippen LogP contribution in [0.4, 0.5) is 0 Å². The van der Waals surface area contributed by atoms with Gasteiger partial charge in [-0.2, -0.15) is 5.10 Å². The molecule has 0 bridgehead atoms. The van der Waals surface area contributed by atoms with Gasteiger partial charge in [0.25, 0.3) is 0 Å². The fourth-order valence-electron chi connectivity index (χ4n) is 1.92. The fourth-order valence-corrected chi connectivity index (χ4v) is 2.55. The molecule has 0 saturated heterocycles. The molecule has 0 saturated carbocycles. The van der Waals surface area contributed by atoms with Crippen LogP contribution in [0.25, 0.3) is 5.69 Å². The lowest BCUT2D eigenvalue weighted by molar-refractivity contribution is 0.571. The molecule has 5 heteroatoms. The van der Waals surface area contributed by atoms with E-state index in [1.54, 1.807) is 10.9 Å². The third-order valence-electron chi connectivity index (χ3n) is 2.97. The van der Waals surface area contributed by atoms with Gasteiger partial charge < -0.3 is 5.32 Å². The van der Waals surface area contributed by atoms with Crippen molar-refractivity contribution in [1.82, 2.24) is 15.1 Å². The number of aromatic nitrogens is 2. The Hall–Kier alpha value is -0.840. The third kappa shape index (κ3) is 3.59. The van der Waals surface area contributed by atoms with Crippen LogP contribution in [0.1, 0.15) is 31.9 Å². The minimum atomic E-state index is 0.255. The summed E-state index contributed by atoms with van der Waals surface area (Å²) in [5.74, 6) is 0. The Labute approximate surface area is 127 Å². The summed E-state index contributed by atoms with van der Waals surface area (Å²) in [5, 5.41) is 8.45.